The van der Waals surface area contributed by atoms with Gasteiger partial charge in [-0.1, -0.05) is 0 Å². The van der Waals surface area contributed by atoms with Crippen LogP contribution in [0.1, 0.15) is 16.7 Å². The highest BCUT2D eigenvalue weighted by molar-refractivity contribution is 5.77. The molecule has 1 aliphatic heterocycles. The predicted molar refractivity (Wildman–Crippen MR) is 34.8 cm³/mol. The summed E-state index contributed by atoms with van der Waals surface area (Å²) in [4.78, 5) is 10.4. The van der Waals surface area contributed by atoms with Crippen molar-refractivity contribution in [3.63, 3.8) is 0 Å². The fraction of sp³-hybridized carbons (Fsp3) is 0.800. The average molecular weight is 118 g/mol. The van der Waals surface area contributed by atoms with E-state index in [1.165, 1.54) is 0 Å². The van der Waals surface area contributed by atoms with E-state index in [0.29, 0.717) is 0 Å². The van der Waals surface area contributed by atoms with Gasteiger partial charge in [-0.3, -0.25) is 0 Å². The molecule has 2 atom stereocenters. The minimum Gasteiger partial charge on any atom is -0.334 e. The Morgan fingerprint density at radius 1 is 1.38 bits per heavy atom. The second kappa shape index (κ2) is 1.65. The summed E-state index contributed by atoms with van der Waals surface area (Å²) < 4.78 is 0. The number of rotatable bonds is 0. The molecule has 2 N–H and O–H groups in total. The number of carbonyl (C=O) groups is 1. The maximum Gasteiger partial charge on any atom is 0.315 e. The minimum absolute atomic E-state index is 0. The Morgan fingerprint density at radius 2 is 1.75 bits per heavy atom. The van der Waals surface area contributed by atoms with E-state index in [-0.39, 0.29) is 21.0 Å². The van der Waals surface area contributed by atoms with Crippen LogP contribution in [-0.4, -0.2) is 18.1 Å². The van der Waals surface area contributed by atoms with Gasteiger partial charge in [0, 0.05) is 14.9 Å². The van der Waals surface area contributed by atoms with Crippen LogP contribution in [0.4, 0.5) is 4.79 Å². The van der Waals surface area contributed by atoms with E-state index in [4.69, 9.17) is 0 Å². The largest absolute Gasteiger partial charge is 0.334 e. The highest BCUT2D eigenvalue weighted by Gasteiger charge is 2.22. The lowest BCUT2D eigenvalue weighted by Crippen LogP contribution is -2.26. The normalized spacial score (nSPS) is 36.5. The van der Waals surface area contributed by atoms with E-state index in [2.05, 4.69) is 10.6 Å². The first-order chi connectivity index (χ1) is 3.70. The Labute approximate surface area is 51.4 Å². The molecule has 1 saturated heterocycles. The molecule has 3 nitrogen and oxygen atoms in total. The summed E-state index contributed by atoms with van der Waals surface area (Å²) in [5, 5.41) is 5.43. The Kier molecular flexibility index (Phi) is 1.12. The topological polar surface area (TPSA) is 41.1 Å². The van der Waals surface area contributed by atoms with Crippen LogP contribution in [0.25, 0.3) is 0 Å². The molecule has 2 unspecified atom stereocenters. The zero-order valence-corrected chi connectivity index (χ0v) is 5.06. The molecule has 0 aliphatic carbocycles. The number of nitrogens with one attached hydrogen (secondary N) is 2. The summed E-state index contributed by atoms with van der Waals surface area (Å²) in [7, 11) is 0. The predicted octanol–water partition coefficient (Wildman–Crippen LogP) is 0.568. The van der Waals surface area contributed by atoms with E-state index in [1.54, 1.807) is 0 Å². The molecule has 1 fully saturated rings. The molecule has 0 bridgehead atoms. The molecular weight excluding hydrogens is 104 g/mol. The molecular formula is C5H14N2O. The number of hydrogen-bond acceptors (Lipinski definition) is 1. The van der Waals surface area contributed by atoms with E-state index < -0.39 is 0 Å². The van der Waals surface area contributed by atoms with Gasteiger partial charge >= 0.3 is 6.03 Å². The third kappa shape index (κ3) is 0.757. The van der Waals surface area contributed by atoms with Crippen LogP contribution in [0.5, 0.6) is 0 Å². The van der Waals surface area contributed by atoms with E-state index in [1.807, 2.05) is 13.8 Å². The second-order valence-electron chi connectivity index (χ2n) is 2.20. The maximum atomic E-state index is 10.4. The van der Waals surface area contributed by atoms with Gasteiger partial charge in [0.2, 0.25) is 0 Å². The van der Waals surface area contributed by atoms with Crippen LogP contribution in [-0.2, 0) is 0 Å². The first-order valence-corrected chi connectivity index (χ1v) is 2.77. The van der Waals surface area contributed by atoms with Gasteiger partial charge in [0.15, 0.2) is 0 Å². The Hall–Kier alpha value is -0.730. The fourth-order valence-electron chi connectivity index (χ4n) is 0.705. The van der Waals surface area contributed by atoms with Gasteiger partial charge in [-0.05, 0) is 13.8 Å². The third-order valence-corrected chi connectivity index (χ3v) is 1.47. The third-order valence-electron chi connectivity index (χ3n) is 1.47. The van der Waals surface area contributed by atoms with Gasteiger partial charge in [-0.25, -0.2) is 4.79 Å². The molecule has 8 heavy (non-hydrogen) atoms. The smallest absolute Gasteiger partial charge is 0.315 e. The molecule has 2 amide bonds. The summed E-state index contributed by atoms with van der Waals surface area (Å²) in [5.41, 5.74) is 0. The standard InChI is InChI=1S/C5H10N2O.2H2/c1-3-4(2)7-5(8)6-3;;/h3-4H,1-2H3,(H2,6,7,8);2*1H. The minimum atomic E-state index is -0.0509. The van der Waals surface area contributed by atoms with E-state index >= 15 is 0 Å². The zero-order valence-electron chi connectivity index (χ0n) is 5.06. The number of urea groups is 1. The van der Waals surface area contributed by atoms with Crippen molar-refractivity contribution >= 4 is 6.03 Å². The van der Waals surface area contributed by atoms with Crippen molar-refractivity contribution in [1.29, 1.82) is 0 Å². The lowest BCUT2D eigenvalue weighted by molar-refractivity contribution is 0.247. The summed E-state index contributed by atoms with van der Waals surface area (Å²) in [6, 6.07) is 0.509. The number of amides is 2. The fourth-order valence-corrected chi connectivity index (χ4v) is 0.705. The molecule has 1 aliphatic rings. The monoisotopic (exact) mass is 118 g/mol. The van der Waals surface area contributed by atoms with E-state index in [9.17, 15) is 4.79 Å². The van der Waals surface area contributed by atoms with Crippen LogP contribution in [0.3, 0.4) is 0 Å². The van der Waals surface area contributed by atoms with Crippen LogP contribution < -0.4 is 10.6 Å². The molecule has 3 heteroatoms. The van der Waals surface area contributed by atoms with Crippen molar-refractivity contribution in [1.82, 2.24) is 10.6 Å². The lowest BCUT2D eigenvalue weighted by Gasteiger charge is -2.04. The molecule has 50 valence electrons. The van der Waals surface area contributed by atoms with Gasteiger partial charge in [0.1, 0.15) is 0 Å². The summed E-state index contributed by atoms with van der Waals surface area (Å²) in [6.07, 6.45) is 0. The van der Waals surface area contributed by atoms with Gasteiger partial charge < -0.3 is 10.6 Å². The summed E-state index contributed by atoms with van der Waals surface area (Å²) in [6.45, 7) is 3.95. The molecule has 1 heterocycles. The molecule has 0 aromatic heterocycles. The van der Waals surface area contributed by atoms with Crippen molar-refractivity contribution in [3.05, 3.63) is 0 Å². The number of carbonyl (C=O) groups excluding carboxylic acids is 1. The Balaban J connectivity index is 0. The van der Waals surface area contributed by atoms with Crippen LogP contribution >= 0.6 is 0 Å². The first-order valence-electron chi connectivity index (χ1n) is 2.77. The van der Waals surface area contributed by atoms with Crippen molar-refractivity contribution in [2.75, 3.05) is 0 Å². The van der Waals surface area contributed by atoms with Crippen molar-refractivity contribution in [3.8, 4) is 0 Å². The van der Waals surface area contributed by atoms with Crippen molar-refractivity contribution in [2.24, 2.45) is 0 Å². The van der Waals surface area contributed by atoms with Gasteiger partial charge in [-0.15, -0.1) is 0 Å². The Morgan fingerprint density at radius 3 is 1.88 bits per heavy atom. The first kappa shape index (κ1) is 5.41. The lowest BCUT2D eigenvalue weighted by atomic mass is 10.2. The van der Waals surface area contributed by atoms with Crippen molar-refractivity contribution in [2.45, 2.75) is 25.9 Å². The summed E-state index contributed by atoms with van der Waals surface area (Å²) in [5.74, 6) is 0. The number of hydrogen-bond donors (Lipinski definition) is 2. The molecule has 0 aromatic carbocycles. The van der Waals surface area contributed by atoms with Crippen LogP contribution in [0.15, 0.2) is 0 Å². The van der Waals surface area contributed by atoms with E-state index in [0.717, 1.165) is 0 Å². The Bertz CT molecular complexity index is 108. The molecule has 0 aromatic rings. The van der Waals surface area contributed by atoms with Crippen molar-refractivity contribution < 1.29 is 7.65 Å². The van der Waals surface area contributed by atoms with Gasteiger partial charge in [0.25, 0.3) is 0 Å². The van der Waals surface area contributed by atoms with Crippen LogP contribution in [0.2, 0.25) is 0 Å². The molecule has 0 spiro atoms. The van der Waals surface area contributed by atoms with Gasteiger partial charge in [0.05, 0.1) is 0 Å². The molecule has 0 saturated carbocycles. The second-order valence-corrected chi connectivity index (χ2v) is 2.20. The summed E-state index contributed by atoms with van der Waals surface area (Å²) >= 11 is 0. The molecule has 0 radical (unpaired) electrons. The average Bonchev–Trinajstić information content (AvgIpc) is 1.85. The van der Waals surface area contributed by atoms with Crippen LogP contribution in [0, 0.1) is 0 Å². The molecule has 1 rings (SSSR count). The SMILES string of the molecule is CC1NC(=O)NC1C.[HH].[HH]. The zero-order chi connectivity index (χ0) is 6.15. The van der Waals surface area contributed by atoms with Gasteiger partial charge in [-0.2, -0.15) is 0 Å². The highest BCUT2D eigenvalue weighted by atomic mass is 16.2. The maximum absolute atomic E-state index is 10.4. The highest BCUT2D eigenvalue weighted by Crippen LogP contribution is 1.97. The quantitative estimate of drug-likeness (QED) is 0.479.